The van der Waals surface area contributed by atoms with Crippen molar-refractivity contribution in [2.75, 3.05) is 0 Å². The Hall–Kier alpha value is -1.25. The Bertz CT molecular complexity index is 301. The number of carbonyl (C=O) groups excluding carboxylic acids is 1. The number of nitrogens with zero attached hydrogens (tertiary/aromatic N) is 1. The number of carbonyl (C=O) groups is 1. The molecule has 0 unspecified atom stereocenters. The summed E-state index contributed by atoms with van der Waals surface area (Å²) in [5, 5.41) is 9.07. The van der Waals surface area contributed by atoms with Crippen LogP contribution in [-0.2, 0) is 6.42 Å². The maximum Gasteiger partial charge on any atom is 0.230 e. The first kappa shape index (κ1) is 6.46. The van der Waals surface area contributed by atoms with Gasteiger partial charge in [0.15, 0.2) is 0 Å². The van der Waals surface area contributed by atoms with E-state index in [1.165, 1.54) is 6.20 Å². The van der Waals surface area contributed by atoms with Gasteiger partial charge >= 0.3 is 0 Å². The van der Waals surface area contributed by atoms with E-state index in [0.717, 1.165) is 18.5 Å². The third kappa shape index (κ3) is 0.926. The second-order valence-corrected chi connectivity index (χ2v) is 2.81. The predicted octanol–water partition coefficient (Wildman–Crippen LogP) is 1.17. The Morgan fingerprint density at radius 3 is 3.00 bits per heavy atom. The molecule has 0 aromatic carbocycles. The Kier molecular flexibility index (Phi) is 1.24. The number of fused-ring (bicyclic) bond motifs is 1. The lowest BCUT2D eigenvalue weighted by Crippen LogP contribution is -2.17. The van der Waals surface area contributed by atoms with Crippen molar-refractivity contribution in [3.8, 4) is 5.75 Å². The molecule has 1 aromatic rings. The third-order valence-corrected chi connectivity index (χ3v) is 1.98. The van der Waals surface area contributed by atoms with Gasteiger partial charge in [-0.2, -0.15) is 0 Å². The van der Waals surface area contributed by atoms with Crippen molar-refractivity contribution in [3.63, 3.8) is 0 Å². The molecule has 0 radical (unpaired) electrons. The van der Waals surface area contributed by atoms with E-state index in [1.807, 2.05) is 0 Å². The minimum absolute atomic E-state index is 0.0894. The van der Waals surface area contributed by atoms with Crippen LogP contribution in [0.1, 0.15) is 23.3 Å². The fraction of sp³-hybridized carbons (Fsp3) is 0.375. The largest absolute Gasteiger partial charge is 0.506 e. The number of aromatic hydroxyl groups is 1. The summed E-state index contributed by atoms with van der Waals surface area (Å²) in [5.74, 6) is 0.279. The van der Waals surface area contributed by atoms with E-state index in [1.54, 1.807) is 10.6 Å². The molecule has 0 aliphatic carbocycles. The zero-order valence-electron chi connectivity index (χ0n) is 6.08. The molecule has 0 bridgehead atoms. The highest BCUT2D eigenvalue weighted by Gasteiger charge is 2.16. The molecule has 2 heterocycles. The molecule has 0 spiro atoms. The Morgan fingerprint density at radius 1 is 1.45 bits per heavy atom. The summed E-state index contributed by atoms with van der Waals surface area (Å²) in [7, 11) is 0. The van der Waals surface area contributed by atoms with Crippen LogP contribution >= 0.6 is 0 Å². The molecule has 1 aromatic heterocycles. The predicted molar refractivity (Wildman–Crippen MR) is 39.7 cm³/mol. The van der Waals surface area contributed by atoms with Gasteiger partial charge in [0.05, 0.1) is 6.20 Å². The molecular weight excluding hydrogens is 142 g/mol. The van der Waals surface area contributed by atoms with E-state index in [9.17, 15) is 4.79 Å². The van der Waals surface area contributed by atoms with Crippen molar-refractivity contribution < 1.29 is 9.90 Å². The van der Waals surface area contributed by atoms with Crippen LogP contribution in [0, 0.1) is 0 Å². The lowest BCUT2D eigenvalue weighted by molar-refractivity contribution is 0.0884. The number of hydrogen-bond donors (Lipinski definition) is 1. The summed E-state index contributed by atoms with van der Waals surface area (Å²) in [6, 6.07) is 1.65. The Balaban J connectivity index is 2.52. The number of hydrogen-bond acceptors (Lipinski definition) is 2. The summed E-state index contributed by atoms with van der Waals surface area (Å²) in [6.45, 7) is 0. The second kappa shape index (κ2) is 2.12. The van der Waals surface area contributed by atoms with E-state index in [-0.39, 0.29) is 11.7 Å². The zero-order valence-corrected chi connectivity index (χ0v) is 6.08. The van der Waals surface area contributed by atoms with Gasteiger partial charge in [0.1, 0.15) is 5.75 Å². The van der Waals surface area contributed by atoms with Crippen LogP contribution in [0.4, 0.5) is 0 Å². The molecule has 0 fully saturated rings. The lowest BCUT2D eigenvalue weighted by atomic mass is 10.1. The first-order chi connectivity index (χ1) is 5.27. The van der Waals surface area contributed by atoms with Crippen LogP contribution in [0.3, 0.4) is 0 Å². The molecule has 0 saturated heterocycles. The van der Waals surface area contributed by atoms with E-state index < -0.39 is 0 Å². The van der Waals surface area contributed by atoms with Crippen LogP contribution in [0.25, 0.3) is 0 Å². The van der Waals surface area contributed by atoms with Gasteiger partial charge < -0.3 is 5.11 Å². The fourth-order valence-corrected chi connectivity index (χ4v) is 1.46. The van der Waals surface area contributed by atoms with Gasteiger partial charge in [-0.3, -0.25) is 9.36 Å². The Labute approximate surface area is 64.3 Å². The van der Waals surface area contributed by atoms with E-state index in [4.69, 9.17) is 5.11 Å². The van der Waals surface area contributed by atoms with Crippen LogP contribution in [-0.4, -0.2) is 15.6 Å². The normalized spacial score (nSPS) is 16.5. The topological polar surface area (TPSA) is 42.2 Å². The molecule has 1 N–H and O–H groups in total. The maximum atomic E-state index is 11.2. The highest BCUT2D eigenvalue weighted by molar-refractivity contribution is 5.81. The molecule has 1 aliphatic rings. The number of aryl methyl sites for hydroxylation is 1. The molecule has 58 valence electrons. The fourth-order valence-electron chi connectivity index (χ4n) is 1.46. The van der Waals surface area contributed by atoms with E-state index in [2.05, 4.69) is 0 Å². The van der Waals surface area contributed by atoms with Crippen LogP contribution in [0.15, 0.2) is 12.3 Å². The lowest BCUT2D eigenvalue weighted by Gasteiger charge is -2.11. The van der Waals surface area contributed by atoms with Crippen molar-refractivity contribution in [1.29, 1.82) is 0 Å². The minimum Gasteiger partial charge on any atom is -0.506 e. The molecule has 1 aliphatic heterocycles. The molecule has 0 amide bonds. The number of rotatable bonds is 0. The van der Waals surface area contributed by atoms with Gasteiger partial charge in [0, 0.05) is 18.2 Å². The van der Waals surface area contributed by atoms with Gasteiger partial charge in [-0.25, -0.2) is 0 Å². The van der Waals surface area contributed by atoms with Crippen molar-refractivity contribution in [2.24, 2.45) is 0 Å². The van der Waals surface area contributed by atoms with Gasteiger partial charge in [0.2, 0.25) is 5.91 Å². The highest BCUT2D eigenvalue weighted by Crippen LogP contribution is 2.21. The Morgan fingerprint density at radius 2 is 2.27 bits per heavy atom. The molecule has 0 saturated carbocycles. The van der Waals surface area contributed by atoms with Crippen molar-refractivity contribution in [1.82, 2.24) is 4.57 Å². The molecule has 11 heavy (non-hydrogen) atoms. The first-order valence-corrected chi connectivity index (χ1v) is 3.71. The standard InChI is InChI=1S/C8H9NO2/c10-7-4-6-2-1-3-8(11)9(6)5-7/h4-5,10H,1-3H2. The molecule has 2 rings (SSSR count). The molecule has 3 heteroatoms. The highest BCUT2D eigenvalue weighted by atomic mass is 16.3. The summed E-state index contributed by atoms with van der Waals surface area (Å²) >= 11 is 0. The summed E-state index contributed by atoms with van der Waals surface area (Å²) < 4.78 is 1.54. The van der Waals surface area contributed by atoms with Crippen LogP contribution in [0.2, 0.25) is 0 Å². The van der Waals surface area contributed by atoms with Gasteiger partial charge in [-0.15, -0.1) is 0 Å². The first-order valence-electron chi connectivity index (χ1n) is 3.71. The molecule has 0 atom stereocenters. The van der Waals surface area contributed by atoms with Gasteiger partial charge in [-0.1, -0.05) is 0 Å². The maximum absolute atomic E-state index is 11.2. The van der Waals surface area contributed by atoms with E-state index >= 15 is 0 Å². The van der Waals surface area contributed by atoms with Crippen molar-refractivity contribution in [2.45, 2.75) is 19.3 Å². The summed E-state index contributed by atoms with van der Waals surface area (Å²) in [6.07, 6.45) is 3.88. The van der Waals surface area contributed by atoms with Gasteiger partial charge in [-0.05, 0) is 12.8 Å². The van der Waals surface area contributed by atoms with E-state index in [0.29, 0.717) is 6.42 Å². The summed E-state index contributed by atoms with van der Waals surface area (Å²) in [5.41, 5.74) is 0.929. The molecular formula is C8H9NO2. The minimum atomic E-state index is 0.0894. The average Bonchev–Trinajstić information content (AvgIpc) is 2.31. The van der Waals surface area contributed by atoms with Crippen molar-refractivity contribution >= 4 is 5.91 Å². The quantitative estimate of drug-likeness (QED) is 0.604. The second-order valence-electron chi connectivity index (χ2n) is 2.81. The van der Waals surface area contributed by atoms with Crippen LogP contribution in [0.5, 0.6) is 5.75 Å². The average molecular weight is 151 g/mol. The third-order valence-electron chi connectivity index (χ3n) is 1.98. The van der Waals surface area contributed by atoms with Crippen LogP contribution < -0.4 is 0 Å². The van der Waals surface area contributed by atoms with Crippen molar-refractivity contribution in [3.05, 3.63) is 18.0 Å². The smallest absolute Gasteiger partial charge is 0.230 e. The monoisotopic (exact) mass is 151 g/mol. The zero-order chi connectivity index (χ0) is 7.84. The summed E-state index contributed by atoms with van der Waals surface area (Å²) in [4.78, 5) is 11.2. The number of aromatic nitrogens is 1. The van der Waals surface area contributed by atoms with Gasteiger partial charge in [0.25, 0.3) is 0 Å². The SMILES string of the molecule is O=C1CCCc2cc(O)cn21. The molecule has 3 nitrogen and oxygen atoms in total.